The molecule has 0 bridgehead atoms. The van der Waals surface area contributed by atoms with Gasteiger partial charge in [0.1, 0.15) is 5.82 Å². The predicted molar refractivity (Wildman–Crippen MR) is 120 cm³/mol. The smallest absolute Gasteiger partial charge is 0.243 e. The van der Waals surface area contributed by atoms with E-state index in [1.165, 1.54) is 16.4 Å². The lowest BCUT2D eigenvalue weighted by Crippen LogP contribution is -2.55. The summed E-state index contributed by atoms with van der Waals surface area (Å²) in [5.74, 6) is -0.288. The summed E-state index contributed by atoms with van der Waals surface area (Å²) in [6.07, 6.45) is 2.18. The van der Waals surface area contributed by atoms with Gasteiger partial charge in [-0.1, -0.05) is 0 Å². The van der Waals surface area contributed by atoms with Crippen molar-refractivity contribution in [2.24, 2.45) is 0 Å². The van der Waals surface area contributed by atoms with Crippen LogP contribution in [-0.2, 0) is 19.6 Å². The van der Waals surface area contributed by atoms with Gasteiger partial charge in [0.05, 0.1) is 18.0 Å². The monoisotopic (exact) mass is 481 g/mol. The van der Waals surface area contributed by atoms with Crippen LogP contribution in [0, 0.1) is 5.82 Å². The number of nitrogens with zero attached hydrogens (tertiary/aromatic N) is 5. The van der Waals surface area contributed by atoms with E-state index in [1.54, 1.807) is 4.90 Å². The van der Waals surface area contributed by atoms with E-state index in [2.05, 4.69) is 9.80 Å². The average Bonchev–Trinajstić information content (AvgIpc) is 3.36. The fraction of sp³-hybridized carbons (Fsp3) is 0.636. The van der Waals surface area contributed by atoms with Gasteiger partial charge in [-0.2, -0.15) is 4.31 Å². The molecule has 11 heteroatoms. The summed E-state index contributed by atoms with van der Waals surface area (Å²) in [4.78, 5) is 33.0. The first kappa shape index (κ1) is 24.1. The fourth-order valence-corrected chi connectivity index (χ4v) is 6.01. The van der Waals surface area contributed by atoms with Gasteiger partial charge < -0.3 is 9.80 Å². The molecule has 3 heterocycles. The van der Waals surface area contributed by atoms with Gasteiger partial charge in [-0.05, 0) is 37.1 Å². The third-order valence-electron chi connectivity index (χ3n) is 6.68. The van der Waals surface area contributed by atoms with E-state index >= 15 is 0 Å². The Balaban J connectivity index is 1.20. The summed E-state index contributed by atoms with van der Waals surface area (Å²) in [7, 11) is -3.70. The largest absolute Gasteiger partial charge is 0.342 e. The molecular weight excluding hydrogens is 449 g/mol. The third kappa shape index (κ3) is 5.89. The van der Waals surface area contributed by atoms with E-state index in [0.717, 1.165) is 64.2 Å². The summed E-state index contributed by atoms with van der Waals surface area (Å²) in [5.41, 5.74) is 0. The molecule has 0 radical (unpaired) electrons. The number of carbonyl (C=O) groups is 2. The Morgan fingerprint density at radius 1 is 0.697 bits per heavy atom. The third-order valence-corrected chi connectivity index (χ3v) is 8.60. The maximum atomic E-state index is 13.1. The van der Waals surface area contributed by atoms with Crippen LogP contribution in [-0.4, -0.2) is 123 Å². The van der Waals surface area contributed by atoms with Crippen LogP contribution in [0.2, 0.25) is 0 Å². The van der Waals surface area contributed by atoms with Gasteiger partial charge in [0.25, 0.3) is 0 Å². The number of carbonyl (C=O) groups excluding carboxylic acids is 2. The van der Waals surface area contributed by atoms with Gasteiger partial charge in [-0.3, -0.25) is 19.4 Å². The van der Waals surface area contributed by atoms with Crippen molar-refractivity contribution in [1.82, 2.24) is 23.9 Å². The quantitative estimate of drug-likeness (QED) is 0.564. The maximum absolute atomic E-state index is 13.1. The molecule has 0 spiro atoms. The highest BCUT2D eigenvalue weighted by molar-refractivity contribution is 7.89. The number of hydrogen-bond donors (Lipinski definition) is 0. The second kappa shape index (κ2) is 10.5. The number of amides is 2. The van der Waals surface area contributed by atoms with Gasteiger partial charge in [-0.15, -0.1) is 0 Å². The highest BCUT2D eigenvalue weighted by Gasteiger charge is 2.31. The van der Waals surface area contributed by atoms with Crippen molar-refractivity contribution < 1.29 is 22.4 Å². The van der Waals surface area contributed by atoms with E-state index in [1.807, 2.05) is 4.90 Å². The van der Waals surface area contributed by atoms with Crippen LogP contribution in [0.1, 0.15) is 12.8 Å². The van der Waals surface area contributed by atoms with Gasteiger partial charge in [0.2, 0.25) is 21.8 Å². The van der Waals surface area contributed by atoms with E-state index in [-0.39, 0.29) is 29.8 Å². The van der Waals surface area contributed by atoms with E-state index in [4.69, 9.17) is 0 Å². The van der Waals surface area contributed by atoms with E-state index in [9.17, 15) is 22.4 Å². The second-order valence-electron chi connectivity index (χ2n) is 8.88. The molecule has 9 nitrogen and oxygen atoms in total. The molecule has 0 N–H and O–H groups in total. The first-order valence-corrected chi connectivity index (χ1v) is 13.0. The zero-order valence-corrected chi connectivity index (χ0v) is 19.7. The van der Waals surface area contributed by atoms with Gasteiger partial charge in [0.15, 0.2) is 0 Å². The van der Waals surface area contributed by atoms with Crippen molar-refractivity contribution >= 4 is 21.8 Å². The van der Waals surface area contributed by atoms with Crippen LogP contribution >= 0.6 is 0 Å². The van der Waals surface area contributed by atoms with Crippen LogP contribution in [0.4, 0.5) is 4.39 Å². The minimum Gasteiger partial charge on any atom is -0.342 e. The molecule has 2 amide bonds. The first-order valence-electron chi connectivity index (χ1n) is 11.6. The molecule has 1 aromatic rings. The van der Waals surface area contributed by atoms with Crippen molar-refractivity contribution in [3.8, 4) is 0 Å². The van der Waals surface area contributed by atoms with Crippen molar-refractivity contribution in [2.75, 3.05) is 78.5 Å². The highest BCUT2D eigenvalue weighted by Crippen LogP contribution is 2.18. The molecule has 3 aliphatic heterocycles. The number of piperazine rings is 2. The average molecular weight is 482 g/mol. The zero-order chi connectivity index (χ0) is 23.4. The topological polar surface area (TPSA) is 84.5 Å². The molecule has 3 aliphatic rings. The Bertz CT molecular complexity index is 936. The van der Waals surface area contributed by atoms with Crippen LogP contribution in [0.15, 0.2) is 29.2 Å². The minimum absolute atomic E-state index is 0.00424. The summed E-state index contributed by atoms with van der Waals surface area (Å²) in [5, 5.41) is 0. The first-order chi connectivity index (χ1) is 15.8. The molecule has 4 rings (SSSR count). The number of sulfonamides is 1. The molecule has 0 aliphatic carbocycles. The van der Waals surface area contributed by atoms with Gasteiger partial charge in [0, 0.05) is 65.4 Å². The van der Waals surface area contributed by atoms with Crippen molar-refractivity contribution in [3.63, 3.8) is 0 Å². The predicted octanol–water partition coefficient (Wildman–Crippen LogP) is -0.101. The lowest BCUT2D eigenvalue weighted by molar-refractivity contribution is -0.135. The van der Waals surface area contributed by atoms with E-state index < -0.39 is 15.8 Å². The number of likely N-dealkylation sites (tertiary alicyclic amines) is 1. The van der Waals surface area contributed by atoms with E-state index in [0.29, 0.717) is 26.2 Å². The second-order valence-corrected chi connectivity index (χ2v) is 10.8. The van der Waals surface area contributed by atoms with Crippen LogP contribution in [0.25, 0.3) is 0 Å². The van der Waals surface area contributed by atoms with Crippen LogP contribution in [0.3, 0.4) is 0 Å². The molecule has 0 unspecified atom stereocenters. The molecule has 33 heavy (non-hydrogen) atoms. The Kier molecular flexibility index (Phi) is 7.62. The van der Waals surface area contributed by atoms with Crippen molar-refractivity contribution in [3.05, 3.63) is 30.1 Å². The molecule has 182 valence electrons. The molecule has 0 atom stereocenters. The Morgan fingerprint density at radius 3 is 1.64 bits per heavy atom. The number of benzene rings is 1. The standard InChI is InChI=1S/C22H32FN5O4S/c23-19-3-5-20(6-4-19)33(31,32)28-15-13-27(14-16-28)22(30)18-25-11-9-24(10-12-25)17-21(29)26-7-1-2-8-26/h3-6H,1-2,7-18H2. The molecule has 3 fully saturated rings. The zero-order valence-electron chi connectivity index (χ0n) is 18.9. The summed E-state index contributed by atoms with van der Waals surface area (Å²) in [6, 6.07) is 4.80. The Hall–Kier alpha value is -2.08. The fourth-order valence-electron chi connectivity index (χ4n) is 4.59. The molecule has 1 aromatic carbocycles. The highest BCUT2D eigenvalue weighted by atomic mass is 32.2. The summed E-state index contributed by atoms with van der Waals surface area (Å²) >= 11 is 0. The summed E-state index contributed by atoms with van der Waals surface area (Å²) < 4.78 is 39.9. The maximum Gasteiger partial charge on any atom is 0.243 e. The van der Waals surface area contributed by atoms with Crippen LogP contribution in [0.5, 0.6) is 0 Å². The lowest BCUT2D eigenvalue weighted by Gasteiger charge is -2.37. The number of rotatable bonds is 6. The number of halogens is 1. The molecule has 0 aromatic heterocycles. The van der Waals surface area contributed by atoms with Crippen molar-refractivity contribution in [1.29, 1.82) is 0 Å². The normalized spacial score (nSPS) is 21.5. The molecule has 0 saturated carbocycles. The SMILES string of the molecule is O=C(CN1CCN(CC(=O)N2CCN(S(=O)(=O)c3ccc(F)cc3)CC2)CC1)N1CCCC1. The molecular formula is C22H32FN5O4S. The van der Waals surface area contributed by atoms with Gasteiger partial charge >= 0.3 is 0 Å². The van der Waals surface area contributed by atoms with Gasteiger partial charge in [-0.25, -0.2) is 12.8 Å². The van der Waals surface area contributed by atoms with Crippen molar-refractivity contribution in [2.45, 2.75) is 17.7 Å². The Labute approximate surface area is 194 Å². The lowest BCUT2D eigenvalue weighted by atomic mass is 10.3. The van der Waals surface area contributed by atoms with Crippen LogP contribution < -0.4 is 0 Å². The minimum atomic E-state index is -3.70. The Morgan fingerprint density at radius 2 is 1.15 bits per heavy atom. The number of hydrogen-bond acceptors (Lipinski definition) is 6. The molecule has 3 saturated heterocycles. The summed E-state index contributed by atoms with van der Waals surface area (Å²) in [6.45, 7) is 6.59.